The highest BCUT2D eigenvalue weighted by Gasteiger charge is 2.35. The summed E-state index contributed by atoms with van der Waals surface area (Å²) in [7, 11) is 2.20. The summed E-state index contributed by atoms with van der Waals surface area (Å²) in [6.45, 7) is 2.10. The number of nitrogens with one attached hydrogen (secondary N) is 1. The number of hydrogen-bond donors (Lipinski definition) is 1. The van der Waals surface area contributed by atoms with Crippen LogP contribution in [0.2, 0.25) is 0 Å². The van der Waals surface area contributed by atoms with Crippen LogP contribution in [0.1, 0.15) is 17.3 Å². The first-order valence-corrected chi connectivity index (χ1v) is 5.07. The van der Waals surface area contributed by atoms with Crippen molar-refractivity contribution in [2.45, 2.75) is 18.5 Å². The second kappa shape index (κ2) is 3.00. The fourth-order valence-corrected chi connectivity index (χ4v) is 2.51. The first-order valence-electron chi connectivity index (χ1n) is 5.07. The van der Waals surface area contributed by atoms with E-state index in [1.807, 2.05) is 6.20 Å². The lowest BCUT2D eigenvalue weighted by atomic mass is 9.91. The molecule has 0 aliphatic carbocycles. The molecule has 2 atom stereocenters. The van der Waals surface area contributed by atoms with Gasteiger partial charge in [0.1, 0.15) is 6.33 Å². The van der Waals surface area contributed by atoms with E-state index in [4.69, 9.17) is 0 Å². The molecule has 1 aromatic heterocycles. The smallest absolute Gasteiger partial charge is 0.115 e. The van der Waals surface area contributed by atoms with Gasteiger partial charge in [0.15, 0.2) is 0 Å². The van der Waals surface area contributed by atoms with Crippen molar-refractivity contribution in [3.63, 3.8) is 0 Å². The van der Waals surface area contributed by atoms with E-state index in [-0.39, 0.29) is 0 Å². The molecule has 14 heavy (non-hydrogen) atoms. The number of aromatic nitrogens is 2. The molecule has 2 unspecified atom stereocenters. The van der Waals surface area contributed by atoms with Gasteiger partial charge in [-0.15, -0.1) is 0 Å². The lowest BCUT2D eigenvalue weighted by molar-refractivity contribution is 0.112. The lowest BCUT2D eigenvalue weighted by Gasteiger charge is -2.44. The standard InChI is InChI=1S/C10H14N4/c1-14-7-2-9-8(4-12-6-13-9)10(14)5-11-3-7/h4,6-7,10-11H,2-3,5H2,1H3. The van der Waals surface area contributed by atoms with E-state index >= 15 is 0 Å². The first-order chi connectivity index (χ1) is 6.86. The van der Waals surface area contributed by atoms with Crippen molar-refractivity contribution in [2.75, 3.05) is 20.1 Å². The zero-order valence-corrected chi connectivity index (χ0v) is 8.27. The molecule has 0 saturated carbocycles. The maximum Gasteiger partial charge on any atom is 0.115 e. The van der Waals surface area contributed by atoms with Crippen LogP contribution in [0.3, 0.4) is 0 Å². The Bertz CT molecular complexity index is 352. The van der Waals surface area contributed by atoms with Crippen molar-refractivity contribution in [3.8, 4) is 0 Å². The van der Waals surface area contributed by atoms with Gasteiger partial charge in [-0.05, 0) is 7.05 Å². The molecular formula is C10H14N4. The van der Waals surface area contributed by atoms with Crippen LogP contribution in [0.5, 0.6) is 0 Å². The Morgan fingerprint density at radius 1 is 1.50 bits per heavy atom. The molecule has 0 amide bonds. The number of rotatable bonds is 0. The number of likely N-dealkylation sites (N-methyl/N-ethyl adjacent to an activating group) is 1. The van der Waals surface area contributed by atoms with Gasteiger partial charge in [-0.25, -0.2) is 9.97 Å². The van der Waals surface area contributed by atoms with Gasteiger partial charge in [0, 0.05) is 37.3 Å². The van der Waals surface area contributed by atoms with Crippen LogP contribution < -0.4 is 5.32 Å². The minimum atomic E-state index is 0.471. The predicted molar refractivity (Wildman–Crippen MR) is 52.9 cm³/mol. The maximum atomic E-state index is 4.37. The summed E-state index contributed by atoms with van der Waals surface area (Å²) in [4.78, 5) is 10.9. The molecule has 0 spiro atoms. The second-order valence-electron chi connectivity index (χ2n) is 4.12. The van der Waals surface area contributed by atoms with Crippen molar-refractivity contribution in [1.29, 1.82) is 0 Å². The summed E-state index contributed by atoms with van der Waals surface area (Å²) in [6, 6.07) is 1.08. The zero-order chi connectivity index (χ0) is 9.54. The van der Waals surface area contributed by atoms with Crippen molar-refractivity contribution in [1.82, 2.24) is 20.2 Å². The van der Waals surface area contributed by atoms with Crippen molar-refractivity contribution in [3.05, 3.63) is 23.8 Å². The number of hydrogen-bond acceptors (Lipinski definition) is 4. The molecule has 1 aromatic rings. The van der Waals surface area contributed by atoms with Gasteiger partial charge in [-0.3, -0.25) is 4.90 Å². The first kappa shape index (κ1) is 8.32. The third-order valence-corrected chi connectivity index (χ3v) is 3.40. The van der Waals surface area contributed by atoms with E-state index < -0.39 is 0 Å². The summed E-state index contributed by atoms with van der Waals surface area (Å²) in [5.74, 6) is 0. The van der Waals surface area contributed by atoms with Gasteiger partial charge in [0.05, 0.1) is 11.7 Å². The Balaban J connectivity index is 2.08. The van der Waals surface area contributed by atoms with Gasteiger partial charge >= 0.3 is 0 Å². The van der Waals surface area contributed by atoms with Crippen LogP contribution in [0.15, 0.2) is 12.5 Å². The average Bonchev–Trinajstić information content (AvgIpc) is 2.18. The topological polar surface area (TPSA) is 41.0 Å². The highest BCUT2D eigenvalue weighted by Crippen LogP contribution is 2.31. The Hall–Kier alpha value is -1.00. The third-order valence-electron chi connectivity index (χ3n) is 3.40. The van der Waals surface area contributed by atoms with Crippen LogP contribution in [0, 0.1) is 0 Å². The largest absolute Gasteiger partial charge is 0.313 e. The van der Waals surface area contributed by atoms with Gasteiger partial charge in [0.25, 0.3) is 0 Å². The van der Waals surface area contributed by atoms with Crippen LogP contribution in [0.4, 0.5) is 0 Å². The molecule has 2 bridgehead atoms. The van der Waals surface area contributed by atoms with Crippen LogP contribution >= 0.6 is 0 Å². The highest BCUT2D eigenvalue weighted by atomic mass is 15.2. The quantitative estimate of drug-likeness (QED) is 0.624. The molecule has 3 rings (SSSR count). The summed E-state index contributed by atoms with van der Waals surface area (Å²) < 4.78 is 0. The monoisotopic (exact) mass is 190 g/mol. The molecule has 4 heteroatoms. The van der Waals surface area contributed by atoms with Crippen LogP contribution in [0.25, 0.3) is 0 Å². The number of fused-ring (bicyclic) bond motifs is 4. The van der Waals surface area contributed by atoms with E-state index in [1.165, 1.54) is 11.3 Å². The normalized spacial score (nSPS) is 31.2. The van der Waals surface area contributed by atoms with Crippen molar-refractivity contribution >= 4 is 0 Å². The van der Waals surface area contributed by atoms with Gasteiger partial charge < -0.3 is 5.32 Å². The van der Waals surface area contributed by atoms with E-state index in [0.29, 0.717) is 12.1 Å². The molecule has 2 aliphatic heterocycles. The summed E-state index contributed by atoms with van der Waals surface area (Å²) in [5, 5.41) is 3.46. The van der Waals surface area contributed by atoms with Crippen molar-refractivity contribution in [2.24, 2.45) is 0 Å². The SMILES string of the molecule is CN1C2CNCC1c1cncnc1C2. The van der Waals surface area contributed by atoms with Crippen molar-refractivity contribution < 1.29 is 0 Å². The Labute approximate surface area is 83.4 Å². The Kier molecular flexibility index (Phi) is 1.78. The molecule has 4 nitrogen and oxygen atoms in total. The molecule has 2 aliphatic rings. The molecule has 74 valence electrons. The predicted octanol–water partition coefficient (Wildman–Crippen LogP) is -0.0226. The van der Waals surface area contributed by atoms with Crippen LogP contribution in [-0.2, 0) is 6.42 Å². The average molecular weight is 190 g/mol. The highest BCUT2D eigenvalue weighted by molar-refractivity contribution is 5.26. The molecule has 3 heterocycles. The van der Waals surface area contributed by atoms with E-state index in [0.717, 1.165) is 19.5 Å². The molecule has 1 saturated heterocycles. The zero-order valence-electron chi connectivity index (χ0n) is 8.27. The molecular weight excluding hydrogens is 176 g/mol. The minimum Gasteiger partial charge on any atom is -0.313 e. The second-order valence-corrected chi connectivity index (χ2v) is 4.12. The van der Waals surface area contributed by atoms with Gasteiger partial charge in [-0.2, -0.15) is 0 Å². The maximum absolute atomic E-state index is 4.37. The third kappa shape index (κ3) is 1.07. The molecule has 0 aromatic carbocycles. The minimum absolute atomic E-state index is 0.471. The fraction of sp³-hybridized carbons (Fsp3) is 0.600. The molecule has 0 radical (unpaired) electrons. The number of piperazine rings is 1. The van der Waals surface area contributed by atoms with E-state index in [1.54, 1.807) is 6.33 Å². The lowest BCUT2D eigenvalue weighted by Crippen LogP contribution is -2.54. The Morgan fingerprint density at radius 3 is 3.36 bits per heavy atom. The van der Waals surface area contributed by atoms with E-state index in [2.05, 4.69) is 27.2 Å². The Morgan fingerprint density at radius 2 is 2.43 bits per heavy atom. The molecule has 1 N–H and O–H groups in total. The summed E-state index contributed by atoms with van der Waals surface area (Å²) >= 11 is 0. The van der Waals surface area contributed by atoms with Crippen LogP contribution in [-0.4, -0.2) is 41.0 Å². The van der Waals surface area contributed by atoms with Gasteiger partial charge in [-0.1, -0.05) is 0 Å². The van der Waals surface area contributed by atoms with Gasteiger partial charge in [0.2, 0.25) is 0 Å². The fourth-order valence-electron chi connectivity index (χ4n) is 2.51. The summed E-state index contributed by atoms with van der Waals surface area (Å²) in [5.41, 5.74) is 2.55. The summed E-state index contributed by atoms with van der Waals surface area (Å²) in [6.07, 6.45) is 4.68. The molecule has 1 fully saturated rings. The number of nitrogens with zero attached hydrogens (tertiary/aromatic N) is 3. The van der Waals surface area contributed by atoms with E-state index in [9.17, 15) is 0 Å².